The van der Waals surface area contributed by atoms with Gasteiger partial charge in [-0.2, -0.15) is 0 Å². The van der Waals surface area contributed by atoms with Gasteiger partial charge in [-0.3, -0.25) is 0 Å². The molecule has 0 atom stereocenters. The average molecular weight is 497 g/mol. The van der Waals surface area contributed by atoms with Crippen LogP contribution in [0.4, 0.5) is 0 Å². The minimum Gasteiger partial charge on any atom is -0.243 e. The van der Waals surface area contributed by atoms with Crippen LogP contribution in [0.3, 0.4) is 0 Å². The predicted molar refractivity (Wildman–Crippen MR) is 161 cm³/mol. The molecule has 0 aliphatic carbocycles. The maximum atomic E-state index is 5.40. The number of benzene rings is 4. The van der Waals surface area contributed by atoms with Crippen LogP contribution < -0.4 is 0 Å². The Morgan fingerprint density at radius 1 is 0.316 bits per heavy atom. The zero-order chi connectivity index (χ0) is 26.5. The van der Waals surface area contributed by atoms with E-state index in [-0.39, 0.29) is 0 Å². The molecule has 2 heteroatoms. The Morgan fingerprint density at radius 3 is 0.658 bits per heavy atom. The van der Waals surface area contributed by atoms with E-state index in [4.69, 9.17) is 9.97 Å². The minimum atomic E-state index is 0.917. The normalized spacial score (nSPS) is 11.1. The zero-order valence-corrected chi connectivity index (χ0v) is 23.0. The molecule has 0 radical (unpaired) electrons. The molecular weight excluding hydrogens is 460 g/mol. The molecule has 0 aliphatic rings. The number of rotatable bonds is 8. The van der Waals surface area contributed by atoms with E-state index in [1.165, 1.54) is 22.3 Å². The molecule has 5 aromatic rings. The highest BCUT2D eigenvalue weighted by Gasteiger charge is 2.19. The molecule has 0 spiro atoms. The van der Waals surface area contributed by atoms with Crippen molar-refractivity contribution < 1.29 is 0 Å². The summed E-state index contributed by atoms with van der Waals surface area (Å²) in [6, 6.07) is 35.1. The van der Waals surface area contributed by atoms with Crippen molar-refractivity contribution in [2.24, 2.45) is 0 Å². The van der Waals surface area contributed by atoms with E-state index in [1.54, 1.807) is 0 Å². The van der Waals surface area contributed by atoms with E-state index in [2.05, 4.69) is 125 Å². The molecule has 0 saturated carbocycles. The van der Waals surface area contributed by atoms with Crippen molar-refractivity contribution in [2.45, 2.75) is 53.4 Å². The Hall–Kier alpha value is -4.04. The maximum absolute atomic E-state index is 5.40. The Kier molecular flexibility index (Phi) is 7.79. The Bertz CT molecular complexity index is 1260. The fourth-order valence-corrected chi connectivity index (χ4v) is 4.83. The van der Waals surface area contributed by atoms with Crippen molar-refractivity contribution >= 4 is 0 Å². The SMILES string of the molecule is CCc1ccc(-c2nc(-c3ccc(CC)cc3)c(-c3ccc(CC)cc3)nc2-c2ccc(CC)cc2)cc1. The molecule has 190 valence electrons. The molecule has 0 amide bonds. The number of hydrogen-bond donors (Lipinski definition) is 0. The summed E-state index contributed by atoms with van der Waals surface area (Å²) in [4.78, 5) is 10.8. The van der Waals surface area contributed by atoms with Gasteiger partial charge in [0.25, 0.3) is 0 Å². The number of aromatic nitrogens is 2. The van der Waals surface area contributed by atoms with Gasteiger partial charge in [-0.15, -0.1) is 0 Å². The van der Waals surface area contributed by atoms with Gasteiger partial charge in [0.1, 0.15) is 0 Å². The molecule has 0 saturated heterocycles. The molecule has 38 heavy (non-hydrogen) atoms. The lowest BCUT2D eigenvalue weighted by molar-refractivity contribution is 1.13. The van der Waals surface area contributed by atoms with Crippen molar-refractivity contribution in [1.82, 2.24) is 9.97 Å². The smallest absolute Gasteiger partial charge is 0.0973 e. The molecule has 0 N–H and O–H groups in total. The van der Waals surface area contributed by atoms with Crippen LogP contribution in [0, 0.1) is 0 Å². The molecule has 0 bridgehead atoms. The Balaban J connectivity index is 1.78. The van der Waals surface area contributed by atoms with Gasteiger partial charge >= 0.3 is 0 Å². The molecule has 1 aromatic heterocycles. The van der Waals surface area contributed by atoms with Gasteiger partial charge in [0, 0.05) is 22.3 Å². The molecule has 2 nitrogen and oxygen atoms in total. The van der Waals surface area contributed by atoms with Crippen LogP contribution in [-0.2, 0) is 25.7 Å². The van der Waals surface area contributed by atoms with Gasteiger partial charge in [-0.25, -0.2) is 9.97 Å². The van der Waals surface area contributed by atoms with Gasteiger partial charge in [-0.1, -0.05) is 125 Å². The highest BCUT2D eigenvalue weighted by atomic mass is 14.9. The van der Waals surface area contributed by atoms with Crippen LogP contribution in [0.2, 0.25) is 0 Å². The van der Waals surface area contributed by atoms with E-state index < -0.39 is 0 Å². The second-order valence-electron chi connectivity index (χ2n) is 9.82. The molecular formula is C36H36N2. The summed E-state index contributed by atoms with van der Waals surface area (Å²) < 4.78 is 0. The first-order valence-electron chi connectivity index (χ1n) is 13.9. The van der Waals surface area contributed by atoms with Crippen molar-refractivity contribution in [2.75, 3.05) is 0 Å². The monoisotopic (exact) mass is 496 g/mol. The third-order valence-electron chi connectivity index (χ3n) is 7.44. The number of hydrogen-bond acceptors (Lipinski definition) is 2. The lowest BCUT2D eigenvalue weighted by atomic mass is 9.97. The topological polar surface area (TPSA) is 25.8 Å². The van der Waals surface area contributed by atoms with Crippen molar-refractivity contribution in [1.29, 1.82) is 0 Å². The van der Waals surface area contributed by atoms with Crippen LogP contribution in [0.15, 0.2) is 97.1 Å². The first-order chi connectivity index (χ1) is 18.6. The molecule has 4 aromatic carbocycles. The van der Waals surface area contributed by atoms with E-state index in [1.807, 2.05) is 0 Å². The quantitative estimate of drug-likeness (QED) is 0.214. The third kappa shape index (κ3) is 5.31. The Labute approximate surface area is 227 Å². The van der Waals surface area contributed by atoms with Crippen LogP contribution in [0.5, 0.6) is 0 Å². The van der Waals surface area contributed by atoms with Crippen LogP contribution in [-0.4, -0.2) is 9.97 Å². The number of aryl methyl sites for hydroxylation is 4. The van der Waals surface area contributed by atoms with Gasteiger partial charge in [0.15, 0.2) is 0 Å². The van der Waals surface area contributed by atoms with Gasteiger partial charge in [0.2, 0.25) is 0 Å². The zero-order valence-electron chi connectivity index (χ0n) is 23.0. The van der Waals surface area contributed by atoms with Crippen molar-refractivity contribution in [3.05, 3.63) is 119 Å². The van der Waals surface area contributed by atoms with E-state index in [0.29, 0.717) is 0 Å². The molecule has 1 heterocycles. The molecule has 0 aliphatic heterocycles. The fourth-order valence-electron chi connectivity index (χ4n) is 4.83. The first-order valence-corrected chi connectivity index (χ1v) is 13.9. The summed E-state index contributed by atoms with van der Waals surface area (Å²) in [5.74, 6) is 0. The summed E-state index contributed by atoms with van der Waals surface area (Å²) in [7, 11) is 0. The Morgan fingerprint density at radius 2 is 0.500 bits per heavy atom. The largest absolute Gasteiger partial charge is 0.243 e. The molecule has 0 unspecified atom stereocenters. The lowest BCUT2D eigenvalue weighted by Crippen LogP contribution is -2.01. The summed E-state index contributed by atoms with van der Waals surface area (Å²) in [5.41, 5.74) is 13.3. The second kappa shape index (κ2) is 11.6. The van der Waals surface area contributed by atoms with Gasteiger partial charge < -0.3 is 0 Å². The molecule has 5 rings (SSSR count). The number of nitrogens with zero attached hydrogens (tertiary/aromatic N) is 2. The van der Waals surface area contributed by atoms with Crippen molar-refractivity contribution in [3.8, 4) is 45.0 Å². The third-order valence-corrected chi connectivity index (χ3v) is 7.44. The van der Waals surface area contributed by atoms with Gasteiger partial charge in [0.05, 0.1) is 22.8 Å². The fraction of sp³-hybridized carbons (Fsp3) is 0.222. The second-order valence-corrected chi connectivity index (χ2v) is 9.82. The summed E-state index contributed by atoms with van der Waals surface area (Å²) in [6.07, 6.45) is 4.05. The average Bonchev–Trinajstić information content (AvgIpc) is 3.00. The van der Waals surface area contributed by atoms with E-state index in [9.17, 15) is 0 Å². The summed E-state index contributed by atoms with van der Waals surface area (Å²) >= 11 is 0. The standard InChI is InChI=1S/C36H36N2/c1-5-25-9-17-29(18-10-25)33-34(30-19-11-26(6-2)12-20-30)38-36(32-23-15-28(8-4)16-24-32)35(37-33)31-21-13-27(7-3)14-22-31/h9-24H,5-8H2,1-4H3. The summed E-state index contributed by atoms with van der Waals surface area (Å²) in [5, 5.41) is 0. The highest BCUT2D eigenvalue weighted by molar-refractivity contribution is 5.86. The highest BCUT2D eigenvalue weighted by Crippen LogP contribution is 2.37. The van der Waals surface area contributed by atoms with E-state index >= 15 is 0 Å². The predicted octanol–water partition coefficient (Wildman–Crippen LogP) is 9.39. The van der Waals surface area contributed by atoms with Crippen molar-refractivity contribution in [3.63, 3.8) is 0 Å². The molecule has 0 fully saturated rings. The maximum Gasteiger partial charge on any atom is 0.0973 e. The summed E-state index contributed by atoms with van der Waals surface area (Å²) in [6.45, 7) is 8.75. The van der Waals surface area contributed by atoms with E-state index in [0.717, 1.165) is 70.7 Å². The minimum absolute atomic E-state index is 0.917. The lowest BCUT2D eigenvalue weighted by Gasteiger charge is -2.17. The van der Waals surface area contributed by atoms with Gasteiger partial charge in [-0.05, 0) is 47.9 Å². The van der Waals surface area contributed by atoms with Crippen LogP contribution in [0.1, 0.15) is 49.9 Å². The first kappa shape index (κ1) is 25.6. The van der Waals surface area contributed by atoms with Crippen LogP contribution >= 0.6 is 0 Å². The van der Waals surface area contributed by atoms with Crippen LogP contribution in [0.25, 0.3) is 45.0 Å².